The Morgan fingerprint density at radius 3 is 2.53 bits per heavy atom. The number of rotatable bonds is 5. The summed E-state index contributed by atoms with van der Waals surface area (Å²) >= 11 is 0.682. The molecule has 0 spiro atoms. The van der Waals surface area contributed by atoms with Gasteiger partial charge in [0.25, 0.3) is 0 Å². The number of hydrogen-bond donors (Lipinski definition) is 2. The maximum atomic E-state index is 9.45. The van der Waals surface area contributed by atoms with E-state index in [0.29, 0.717) is 12.0 Å². The first-order chi connectivity index (χ1) is 6.70. The second-order valence-electron chi connectivity index (χ2n) is 2.68. The Balaban J connectivity index is 0.00000196. The van der Waals surface area contributed by atoms with Crippen LogP contribution in [-0.2, 0) is 18.8 Å². The van der Waals surface area contributed by atoms with Gasteiger partial charge in [-0.2, -0.15) is 4.33 Å². The molecule has 0 saturated carbocycles. The second kappa shape index (κ2) is 8.20. The van der Waals surface area contributed by atoms with Crippen LogP contribution in [-0.4, -0.2) is 47.7 Å². The zero-order valence-electron chi connectivity index (χ0n) is 8.36. The fraction of sp³-hybridized carbons (Fsp3) is 1.00. The molecular weight excluding hydrogens is 239 g/mol. The van der Waals surface area contributed by atoms with Crippen LogP contribution in [0.25, 0.3) is 0 Å². The third-order valence-electron chi connectivity index (χ3n) is 1.86. The normalized spacial score (nSPS) is 35.2. The predicted octanol–water partition coefficient (Wildman–Crippen LogP) is -5.04. The monoisotopic (exact) mass is 250 g/mol. The Hall–Kier alpha value is 1.07. The number of methoxy groups -OCH3 is 1. The van der Waals surface area contributed by atoms with Crippen molar-refractivity contribution in [1.82, 2.24) is 0 Å². The van der Waals surface area contributed by atoms with Crippen molar-refractivity contribution in [1.29, 1.82) is 0 Å². The van der Waals surface area contributed by atoms with E-state index in [9.17, 15) is 15.5 Å². The van der Waals surface area contributed by atoms with E-state index in [4.69, 9.17) is 9.47 Å². The van der Waals surface area contributed by atoms with Crippen LogP contribution in [0.15, 0.2) is 0 Å². The minimum atomic E-state index is -1.10. The van der Waals surface area contributed by atoms with Crippen molar-refractivity contribution < 1.29 is 63.9 Å². The van der Waals surface area contributed by atoms with E-state index < -0.39 is 24.6 Å². The van der Waals surface area contributed by atoms with Gasteiger partial charge in [-0.1, -0.05) is 0 Å². The maximum Gasteiger partial charge on any atom is 1.00 e. The third-order valence-corrected chi connectivity index (χ3v) is 2.48. The molecule has 1 saturated heterocycles. The maximum absolute atomic E-state index is 9.45. The molecule has 15 heavy (non-hydrogen) atoms. The summed E-state index contributed by atoms with van der Waals surface area (Å²) < 4.78 is 13.9. The minimum Gasteiger partial charge on any atom is -0.691 e. The van der Waals surface area contributed by atoms with Crippen molar-refractivity contribution in [2.75, 3.05) is 12.9 Å². The summed E-state index contributed by atoms with van der Waals surface area (Å²) in [5.74, 6) is 0.153. The molecule has 0 aromatic heterocycles. The summed E-state index contributed by atoms with van der Waals surface area (Å²) in [5.41, 5.74) is 0. The Labute approximate surface area is 113 Å². The van der Waals surface area contributed by atoms with E-state index in [-0.39, 0.29) is 35.3 Å². The van der Waals surface area contributed by atoms with E-state index in [1.807, 2.05) is 0 Å². The van der Waals surface area contributed by atoms with Crippen LogP contribution in [0.4, 0.5) is 0 Å². The number of aliphatic hydroxyl groups is 2. The average Bonchev–Trinajstić information content (AvgIpc) is 2.46. The van der Waals surface area contributed by atoms with Gasteiger partial charge in [0, 0.05) is 19.2 Å². The molecule has 2 N–H and O–H groups in total. The largest absolute Gasteiger partial charge is 1.00 e. The van der Waals surface area contributed by atoms with Crippen molar-refractivity contribution in [2.45, 2.75) is 24.6 Å². The van der Waals surface area contributed by atoms with Crippen LogP contribution in [0.3, 0.4) is 0 Å². The van der Waals surface area contributed by atoms with Gasteiger partial charge in [-0.05, 0) is 0 Å². The van der Waals surface area contributed by atoms with Gasteiger partial charge in [-0.15, -0.1) is 0 Å². The molecule has 4 atom stereocenters. The van der Waals surface area contributed by atoms with E-state index in [2.05, 4.69) is 9.37 Å². The molecule has 1 aliphatic heterocycles. The van der Waals surface area contributed by atoms with Crippen molar-refractivity contribution in [2.24, 2.45) is 0 Å². The van der Waals surface area contributed by atoms with Crippen molar-refractivity contribution in [3.63, 3.8) is 0 Å². The fourth-order valence-corrected chi connectivity index (χ4v) is 1.67. The van der Waals surface area contributed by atoms with Crippen molar-refractivity contribution >= 4 is 12.0 Å². The van der Waals surface area contributed by atoms with Gasteiger partial charge in [-0.3, -0.25) is 5.04 Å². The van der Waals surface area contributed by atoms with E-state index in [1.165, 1.54) is 7.11 Å². The Morgan fingerprint density at radius 1 is 1.40 bits per heavy atom. The number of ether oxygens (including phenoxy) is 2. The van der Waals surface area contributed by atoms with Crippen LogP contribution in [0.1, 0.15) is 0 Å². The molecule has 0 amide bonds. The first-order valence-electron chi connectivity index (χ1n) is 3.83. The molecule has 7 nitrogen and oxygen atoms in total. The molecule has 4 unspecified atom stereocenters. The summed E-state index contributed by atoms with van der Waals surface area (Å²) in [6, 6.07) is 0. The number of aliphatic hydroxyl groups excluding tert-OH is 2. The van der Waals surface area contributed by atoms with Crippen LogP contribution in [0, 0.1) is 0 Å². The summed E-state index contributed by atoms with van der Waals surface area (Å²) in [4.78, 5) is 0. The first kappa shape index (κ1) is 16.1. The molecule has 0 aromatic carbocycles. The average molecular weight is 250 g/mol. The molecule has 1 fully saturated rings. The first-order valence-corrected chi connectivity index (χ1v) is 4.74. The summed E-state index contributed by atoms with van der Waals surface area (Å²) in [7, 11) is 1.35. The predicted molar refractivity (Wildman–Crippen MR) is 42.3 cm³/mol. The van der Waals surface area contributed by atoms with Crippen LogP contribution < -0.4 is 34.8 Å². The van der Waals surface area contributed by atoms with Gasteiger partial charge in [0.2, 0.25) is 0 Å². The molecule has 0 aliphatic carbocycles. The minimum absolute atomic E-state index is 0. The molecule has 84 valence electrons. The zero-order chi connectivity index (χ0) is 10.6. The zero-order valence-corrected chi connectivity index (χ0v) is 11.2. The smallest absolute Gasteiger partial charge is 0.691 e. The van der Waals surface area contributed by atoms with Crippen LogP contribution in [0.5, 0.6) is 0 Å². The molecule has 0 radical (unpaired) electrons. The Morgan fingerprint density at radius 2 is 2.07 bits per heavy atom. The second-order valence-corrected chi connectivity index (χ2v) is 3.39. The summed E-state index contributed by atoms with van der Waals surface area (Å²) in [6.07, 6.45) is -3.68. The van der Waals surface area contributed by atoms with Crippen molar-refractivity contribution in [3.05, 3.63) is 0 Å². The fourth-order valence-electron chi connectivity index (χ4n) is 1.16. The van der Waals surface area contributed by atoms with Gasteiger partial charge in [0.15, 0.2) is 6.29 Å². The Bertz CT molecular complexity index is 174. The molecule has 1 aliphatic rings. The van der Waals surface area contributed by atoms with Gasteiger partial charge in [0.05, 0.1) is 5.75 Å². The van der Waals surface area contributed by atoms with Gasteiger partial charge < -0.3 is 24.9 Å². The molecule has 1 rings (SSSR count). The quantitative estimate of drug-likeness (QED) is 0.164. The molecule has 0 bridgehead atoms. The van der Waals surface area contributed by atoms with Crippen LogP contribution >= 0.6 is 12.0 Å². The Kier molecular flexibility index (Phi) is 8.79. The molecular formula is C6H11NaO7S. The van der Waals surface area contributed by atoms with E-state index in [0.717, 1.165) is 0 Å². The van der Waals surface area contributed by atoms with Gasteiger partial charge >= 0.3 is 29.6 Å². The van der Waals surface area contributed by atoms with Gasteiger partial charge in [-0.25, -0.2) is 0 Å². The third kappa shape index (κ3) is 4.44. The van der Waals surface area contributed by atoms with Crippen molar-refractivity contribution in [3.8, 4) is 0 Å². The topological polar surface area (TPSA) is 100 Å². The van der Waals surface area contributed by atoms with Crippen LogP contribution in [0.2, 0.25) is 0 Å². The summed E-state index contributed by atoms with van der Waals surface area (Å²) in [5, 5.41) is 31.3. The number of hydrogen-bond acceptors (Lipinski definition) is 8. The van der Waals surface area contributed by atoms with Gasteiger partial charge in [0.1, 0.15) is 18.3 Å². The SMILES string of the molecule is COC1OC(CSOO[O-])C(O)C1O.[Na+]. The van der Waals surface area contributed by atoms with E-state index >= 15 is 0 Å². The molecule has 0 aromatic rings. The summed E-state index contributed by atoms with van der Waals surface area (Å²) in [6.45, 7) is 0. The standard InChI is InChI=1S/C6H12O7S.Na/c1-10-6-5(8)4(7)3(11-6)2-14-13-12-9;/h3-9H,2H2,1H3;/q;+1/p-1. The molecule has 9 heteroatoms. The van der Waals surface area contributed by atoms with E-state index in [1.54, 1.807) is 0 Å². The molecule has 1 heterocycles.